The first kappa shape index (κ1) is 13.5. The van der Waals surface area contributed by atoms with Gasteiger partial charge in [-0.25, -0.2) is 13.1 Å². The van der Waals surface area contributed by atoms with Crippen LogP contribution in [0.25, 0.3) is 0 Å². The Hall–Kier alpha value is -0.890. The van der Waals surface area contributed by atoms with Crippen LogP contribution >= 0.6 is 22.9 Å². The summed E-state index contributed by atoms with van der Waals surface area (Å²) in [6, 6.07) is 1.57. The molecule has 0 spiro atoms. The molecular formula is C10H12ClN3O2S2. The van der Waals surface area contributed by atoms with Gasteiger partial charge in [-0.2, -0.15) is 5.10 Å². The lowest BCUT2D eigenvalue weighted by atomic mass is 10.3. The Balaban J connectivity index is 2.15. The van der Waals surface area contributed by atoms with Crippen LogP contribution in [-0.2, 0) is 16.6 Å². The zero-order valence-corrected chi connectivity index (χ0v) is 12.2. The van der Waals surface area contributed by atoms with Gasteiger partial charge in [-0.1, -0.05) is 11.6 Å². The Bertz CT molecular complexity index is 641. The molecule has 0 fully saturated rings. The molecule has 0 unspecified atom stereocenters. The second-order valence-corrected chi connectivity index (χ2v) is 7.52. The van der Waals surface area contributed by atoms with Crippen LogP contribution in [0.3, 0.4) is 0 Å². The Morgan fingerprint density at radius 2 is 2.22 bits per heavy atom. The normalized spacial score (nSPS) is 11.9. The van der Waals surface area contributed by atoms with Crippen LogP contribution in [0.15, 0.2) is 16.5 Å². The van der Waals surface area contributed by atoms with Crippen LogP contribution in [0, 0.1) is 13.8 Å². The standard InChI is InChI=1S/C10H12ClN3O2S2/c1-6-3-9(17-10(6)11)18(15,16)13-5-8-4-12-14-7(8)2/h3-4,13H,5H2,1-2H3,(H,12,14). The number of halogens is 1. The predicted octanol–water partition coefficient (Wildman–Crippen LogP) is 2.22. The molecule has 0 atom stereocenters. The summed E-state index contributed by atoms with van der Waals surface area (Å²) in [7, 11) is -3.51. The second kappa shape index (κ2) is 5.00. The van der Waals surface area contributed by atoms with Crippen molar-refractivity contribution < 1.29 is 8.42 Å². The first-order valence-electron chi connectivity index (χ1n) is 5.14. The van der Waals surface area contributed by atoms with Crippen LogP contribution in [0.5, 0.6) is 0 Å². The second-order valence-electron chi connectivity index (χ2n) is 3.87. The maximum absolute atomic E-state index is 12.0. The minimum Gasteiger partial charge on any atom is -0.283 e. The highest BCUT2D eigenvalue weighted by molar-refractivity contribution is 7.91. The van der Waals surface area contributed by atoms with Gasteiger partial charge in [0.2, 0.25) is 10.0 Å². The van der Waals surface area contributed by atoms with Crippen molar-refractivity contribution in [2.75, 3.05) is 0 Å². The Kier molecular flexibility index (Phi) is 3.76. The Morgan fingerprint density at radius 1 is 1.50 bits per heavy atom. The SMILES string of the molecule is Cc1cc(S(=O)(=O)NCc2cn[nH]c2C)sc1Cl. The van der Waals surface area contributed by atoms with Gasteiger partial charge in [0.15, 0.2) is 0 Å². The van der Waals surface area contributed by atoms with Crippen molar-refractivity contribution in [2.45, 2.75) is 24.6 Å². The van der Waals surface area contributed by atoms with Crippen molar-refractivity contribution in [3.63, 3.8) is 0 Å². The first-order valence-corrected chi connectivity index (χ1v) is 7.82. The topological polar surface area (TPSA) is 74.8 Å². The van der Waals surface area contributed by atoms with E-state index >= 15 is 0 Å². The van der Waals surface area contributed by atoms with Gasteiger partial charge >= 0.3 is 0 Å². The van der Waals surface area contributed by atoms with E-state index in [9.17, 15) is 8.42 Å². The van der Waals surface area contributed by atoms with Crippen molar-refractivity contribution in [1.82, 2.24) is 14.9 Å². The number of thiophene rings is 1. The summed E-state index contributed by atoms with van der Waals surface area (Å²) in [6.07, 6.45) is 1.60. The van der Waals surface area contributed by atoms with E-state index in [4.69, 9.17) is 11.6 Å². The number of sulfonamides is 1. The summed E-state index contributed by atoms with van der Waals surface area (Å²) in [6.45, 7) is 3.82. The van der Waals surface area contributed by atoms with Crippen molar-refractivity contribution >= 4 is 33.0 Å². The molecule has 2 rings (SSSR count). The molecule has 0 saturated carbocycles. The molecule has 0 amide bonds. The molecular weight excluding hydrogens is 294 g/mol. The van der Waals surface area contributed by atoms with E-state index in [2.05, 4.69) is 14.9 Å². The lowest BCUT2D eigenvalue weighted by Crippen LogP contribution is -2.22. The predicted molar refractivity (Wildman–Crippen MR) is 71.4 cm³/mol. The molecule has 0 radical (unpaired) electrons. The lowest BCUT2D eigenvalue weighted by molar-refractivity contribution is 0.583. The number of aryl methyl sites for hydroxylation is 2. The number of hydrogen-bond acceptors (Lipinski definition) is 4. The van der Waals surface area contributed by atoms with Crippen molar-refractivity contribution in [2.24, 2.45) is 0 Å². The molecule has 0 saturated heterocycles. The molecule has 18 heavy (non-hydrogen) atoms. The minimum absolute atomic E-state index is 0.208. The van der Waals surface area contributed by atoms with Crippen molar-refractivity contribution in [1.29, 1.82) is 0 Å². The molecule has 0 aliphatic heterocycles. The summed E-state index contributed by atoms with van der Waals surface area (Å²) in [5.41, 5.74) is 2.43. The average Bonchev–Trinajstić information content (AvgIpc) is 2.84. The van der Waals surface area contributed by atoms with Gasteiger partial charge in [-0.15, -0.1) is 11.3 Å². The average molecular weight is 306 g/mol. The zero-order valence-electron chi connectivity index (χ0n) is 9.82. The molecule has 0 aliphatic rings. The number of nitrogens with zero attached hydrogens (tertiary/aromatic N) is 1. The molecule has 98 valence electrons. The van der Waals surface area contributed by atoms with E-state index in [0.29, 0.717) is 4.34 Å². The summed E-state index contributed by atoms with van der Waals surface area (Å²) < 4.78 is 27.3. The Labute approximate surface area is 114 Å². The Morgan fingerprint density at radius 3 is 2.72 bits per heavy atom. The van der Waals surface area contributed by atoms with Crippen LogP contribution < -0.4 is 4.72 Å². The third kappa shape index (κ3) is 2.74. The summed E-state index contributed by atoms with van der Waals surface area (Å²) in [5.74, 6) is 0. The van der Waals surface area contributed by atoms with E-state index in [1.165, 1.54) is 0 Å². The highest BCUT2D eigenvalue weighted by Crippen LogP contribution is 2.29. The number of nitrogens with one attached hydrogen (secondary N) is 2. The van der Waals surface area contributed by atoms with E-state index < -0.39 is 10.0 Å². The molecule has 2 heterocycles. The quantitative estimate of drug-likeness (QED) is 0.909. The smallest absolute Gasteiger partial charge is 0.250 e. The summed E-state index contributed by atoms with van der Waals surface area (Å²) in [4.78, 5) is 0. The number of aromatic amines is 1. The summed E-state index contributed by atoms with van der Waals surface area (Å²) in [5, 5.41) is 6.59. The van der Waals surface area contributed by atoms with Crippen LogP contribution in [0.2, 0.25) is 4.34 Å². The van der Waals surface area contributed by atoms with Gasteiger partial charge in [-0.3, -0.25) is 5.10 Å². The number of rotatable bonds is 4. The third-order valence-electron chi connectivity index (χ3n) is 2.49. The number of H-pyrrole nitrogens is 1. The number of aromatic nitrogens is 2. The monoisotopic (exact) mass is 305 g/mol. The largest absolute Gasteiger partial charge is 0.283 e. The van der Waals surface area contributed by atoms with E-state index in [-0.39, 0.29) is 10.8 Å². The molecule has 0 aliphatic carbocycles. The maximum atomic E-state index is 12.0. The minimum atomic E-state index is -3.51. The highest BCUT2D eigenvalue weighted by atomic mass is 35.5. The van der Waals surface area contributed by atoms with Crippen LogP contribution in [0.4, 0.5) is 0 Å². The van der Waals surface area contributed by atoms with Crippen LogP contribution in [0.1, 0.15) is 16.8 Å². The molecule has 2 aromatic rings. The molecule has 0 aromatic carbocycles. The van der Waals surface area contributed by atoms with Crippen LogP contribution in [-0.4, -0.2) is 18.6 Å². The number of hydrogen-bond donors (Lipinski definition) is 2. The highest BCUT2D eigenvalue weighted by Gasteiger charge is 2.18. The fourth-order valence-electron chi connectivity index (χ4n) is 1.36. The van der Waals surface area contributed by atoms with Gasteiger partial charge in [0.05, 0.1) is 10.5 Å². The van der Waals surface area contributed by atoms with E-state index in [1.54, 1.807) is 19.2 Å². The van der Waals surface area contributed by atoms with Crippen molar-refractivity contribution in [3.05, 3.63) is 33.4 Å². The first-order chi connectivity index (χ1) is 8.40. The fourth-order valence-corrected chi connectivity index (χ4v) is 4.12. The lowest BCUT2D eigenvalue weighted by Gasteiger charge is -2.03. The van der Waals surface area contributed by atoms with Gasteiger partial charge in [0.1, 0.15) is 4.21 Å². The van der Waals surface area contributed by atoms with Gasteiger partial charge in [0, 0.05) is 17.8 Å². The molecule has 2 N–H and O–H groups in total. The molecule has 8 heteroatoms. The zero-order chi connectivity index (χ0) is 13.3. The summed E-state index contributed by atoms with van der Waals surface area (Å²) >= 11 is 6.93. The van der Waals surface area contributed by atoms with Crippen molar-refractivity contribution in [3.8, 4) is 0 Å². The molecule has 5 nitrogen and oxygen atoms in total. The fraction of sp³-hybridized carbons (Fsp3) is 0.300. The molecule has 0 bridgehead atoms. The van der Waals surface area contributed by atoms with Gasteiger partial charge in [0.25, 0.3) is 0 Å². The van der Waals surface area contributed by atoms with Gasteiger partial charge < -0.3 is 0 Å². The molecule has 2 aromatic heterocycles. The van der Waals surface area contributed by atoms with Gasteiger partial charge in [-0.05, 0) is 25.5 Å². The maximum Gasteiger partial charge on any atom is 0.250 e. The van der Waals surface area contributed by atoms with E-state index in [0.717, 1.165) is 28.2 Å². The van der Waals surface area contributed by atoms with E-state index in [1.807, 2.05) is 6.92 Å². The third-order valence-corrected chi connectivity index (χ3v) is 5.92.